The number of hydrogen-bond donors (Lipinski definition) is 0. The molecule has 0 bridgehead atoms. The van der Waals surface area contributed by atoms with Crippen LogP contribution >= 0.6 is 0 Å². The van der Waals surface area contributed by atoms with E-state index in [0.717, 1.165) is 38.5 Å². The van der Waals surface area contributed by atoms with Crippen LogP contribution in [0.3, 0.4) is 0 Å². The van der Waals surface area contributed by atoms with E-state index in [4.69, 9.17) is 18.6 Å². The zero-order chi connectivity index (χ0) is 32.2. The molecule has 0 saturated carbocycles. The molecule has 0 amide bonds. The van der Waals surface area contributed by atoms with Gasteiger partial charge in [-0.15, -0.1) is 0 Å². The van der Waals surface area contributed by atoms with E-state index in [1.807, 2.05) is 18.2 Å². The summed E-state index contributed by atoms with van der Waals surface area (Å²) in [5.41, 5.74) is 4.96. The Balaban J connectivity index is 2.25. The SMILES string of the molecule is CCCCCCCCCCOc1cccc2oc(=O)c(OC/C=C(\C)CCC=C(C)C)c(OC/C=C(\C)CCC=C(C)C)c12. The Morgan fingerprint density at radius 3 is 1.80 bits per heavy atom. The maximum absolute atomic E-state index is 13.2. The Hall–Kier alpha value is -3.21. The van der Waals surface area contributed by atoms with Crippen LogP contribution in [0.2, 0.25) is 0 Å². The molecule has 0 N–H and O–H groups in total. The average molecular weight is 607 g/mol. The van der Waals surface area contributed by atoms with Crippen LogP contribution in [0.25, 0.3) is 11.0 Å². The van der Waals surface area contributed by atoms with Crippen molar-refractivity contribution in [3.05, 3.63) is 75.2 Å². The Bertz CT molecular complexity index is 1300. The topological polar surface area (TPSA) is 57.9 Å². The van der Waals surface area contributed by atoms with Crippen LogP contribution < -0.4 is 19.8 Å². The number of allylic oxidation sites excluding steroid dienone is 6. The lowest BCUT2D eigenvalue weighted by Gasteiger charge is -2.16. The molecule has 2 aromatic rings. The molecule has 2 rings (SSSR count). The zero-order valence-electron chi connectivity index (χ0n) is 28.7. The minimum atomic E-state index is -0.549. The zero-order valence-corrected chi connectivity index (χ0v) is 28.7. The van der Waals surface area contributed by atoms with E-state index in [-0.39, 0.29) is 12.4 Å². The van der Waals surface area contributed by atoms with Gasteiger partial charge in [-0.3, -0.25) is 0 Å². The smallest absolute Gasteiger partial charge is 0.383 e. The fourth-order valence-electron chi connectivity index (χ4n) is 4.89. The number of hydrogen-bond acceptors (Lipinski definition) is 5. The molecule has 0 aliphatic rings. The van der Waals surface area contributed by atoms with Gasteiger partial charge < -0.3 is 18.6 Å². The fourth-order valence-corrected chi connectivity index (χ4v) is 4.89. The summed E-state index contributed by atoms with van der Waals surface area (Å²) < 4.78 is 24.4. The number of ether oxygens (including phenoxy) is 3. The maximum Gasteiger partial charge on any atom is 0.383 e. The van der Waals surface area contributed by atoms with Crippen molar-refractivity contribution in [2.45, 2.75) is 126 Å². The second-order valence-electron chi connectivity index (χ2n) is 12.4. The molecule has 0 unspecified atom stereocenters. The Morgan fingerprint density at radius 2 is 1.23 bits per heavy atom. The molecule has 1 aromatic carbocycles. The van der Waals surface area contributed by atoms with Gasteiger partial charge in [0.15, 0.2) is 5.75 Å². The molecule has 244 valence electrons. The molecule has 0 aliphatic heterocycles. The van der Waals surface area contributed by atoms with Gasteiger partial charge in [-0.2, -0.15) is 0 Å². The monoisotopic (exact) mass is 606 g/mol. The molecule has 44 heavy (non-hydrogen) atoms. The minimum Gasteiger partial charge on any atom is -0.493 e. The largest absolute Gasteiger partial charge is 0.493 e. The quantitative estimate of drug-likeness (QED) is 0.0758. The highest BCUT2D eigenvalue weighted by molar-refractivity contribution is 5.91. The molecular formula is C39H58O5. The fraction of sp³-hybridized carbons (Fsp3) is 0.564. The van der Waals surface area contributed by atoms with E-state index in [1.165, 1.54) is 60.8 Å². The predicted octanol–water partition coefficient (Wildman–Crippen LogP) is 11.5. The highest BCUT2D eigenvalue weighted by Crippen LogP contribution is 2.39. The van der Waals surface area contributed by atoms with Crippen molar-refractivity contribution >= 4 is 11.0 Å². The summed E-state index contributed by atoms with van der Waals surface area (Å²) in [5, 5.41) is 0.640. The van der Waals surface area contributed by atoms with E-state index in [1.54, 1.807) is 6.07 Å². The summed E-state index contributed by atoms with van der Waals surface area (Å²) in [5.74, 6) is 1.11. The third kappa shape index (κ3) is 14.5. The second kappa shape index (κ2) is 21.5. The van der Waals surface area contributed by atoms with Crippen molar-refractivity contribution in [3.63, 3.8) is 0 Å². The van der Waals surface area contributed by atoms with Gasteiger partial charge in [0.05, 0.1) is 6.61 Å². The van der Waals surface area contributed by atoms with Gasteiger partial charge in [0, 0.05) is 0 Å². The van der Waals surface area contributed by atoms with Crippen molar-refractivity contribution < 1.29 is 18.6 Å². The first-order valence-corrected chi connectivity index (χ1v) is 16.8. The normalized spacial score (nSPS) is 11.9. The van der Waals surface area contributed by atoms with Crippen molar-refractivity contribution in [1.82, 2.24) is 0 Å². The average Bonchev–Trinajstić information content (AvgIpc) is 2.97. The first-order chi connectivity index (χ1) is 21.2. The van der Waals surface area contributed by atoms with Crippen LogP contribution in [0.4, 0.5) is 0 Å². The molecule has 0 fully saturated rings. The van der Waals surface area contributed by atoms with Crippen molar-refractivity contribution in [2.24, 2.45) is 0 Å². The lowest BCUT2D eigenvalue weighted by molar-refractivity contribution is 0.288. The van der Waals surface area contributed by atoms with Gasteiger partial charge in [-0.05, 0) is 97.9 Å². The second-order valence-corrected chi connectivity index (χ2v) is 12.4. The minimum absolute atomic E-state index is 0.0876. The van der Waals surface area contributed by atoms with Crippen molar-refractivity contribution in [2.75, 3.05) is 19.8 Å². The van der Waals surface area contributed by atoms with Gasteiger partial charge in [0.2, 0.25) is 5.75 Å². The maximum atomic E-state index is 13.2. The van der Waals surface area contributed by atoms with Gasteiger partial charge in [0.1, 0.15) is 29.9 Å². The first-order valence-electron chi connectivity index (χ1n) is 16.8. The Kier molecular flexibility index (Phi) is 18.1. The molecule has 0 saturated heterocycles. The summed E-state index contributed by atoms with van der Waals surface area (Å²) in [6.07, 6.45) is 22.3. The van der Waals surface area contributed by atoms with Gasteiger partial charge in [-0.25, -0.2) is 4.79 Å². The summed E-state index contributed by atoms with van der Waals surface area (Å²) in [6.45, 7) is 16.1. The number of fused-ring (bicyclic) bond motifs is 1. The van der Waals surface area contributed by atoms with Crippen LogP contribution in [0.15, 0.2) is 74.0 Å². The summed E-state index contributed by atoms with van der Waals surface area (Å²) >= 11 is 0. The number of rotatable bonds is 22. The van der Waals surface area contributed by atoms with Gasteiger partial charge >= 0.3 is 5.63 Å². The van der Waals surface area contributed by atoms with Gasteiger partial charge in [0.25, 0.3) is 0 Å². The lowest BCUT2D eigenvalue weighted by atomic mass is 10.1. The standard InChI is InChI=1S/C39H58O5/c1-8-9-10-11-12-13-14-15-27-41-34-23-18-24-35-36(34)37(42-28-25-32(6)21-16-19-30(2)3)38(39(40)44-35)43-29-26-33(7)22-17-20-31(4)5/h18-20,23-26H,8-17,21-22,27-29H2,1-7H3/b32-25+,33-26+. The van der Waals surface area contributed by atoms with Crippen LogP contribution in [-0.2, 0) is 0 Å². The van der Waals surface area contributed by atoms with E-state index < -0.39 is 5.63 Å². The summed E-state index contributed by atoms with van der Waals surface area (Å²) in [6, 6.07) is 5.55. The third-order valence-electron chi connectivity index (χ3n) is 7.57. The predicted molar refractivity (Wildman–Crippen MR) is 186 cm³/mol. The molecule has 5 nitrogen and oxygen atoms in total. The Morgan fingerprint density at radius 1 is 0.682 bits per heavy atom. The van der Waals surface area contributed by atoms with Crippen LogP contribution in [0.1, 0.15) is 126 Å². The molecule has 1 aromatic heterocycles. The molecule has 1 heterocycles. The van der Waals surface area contributed by atoms with Gasteiger partial charge in [-0.1, -0.05) is 92.4 Å². The lowest BCUT2D eigenvalue weighted by Crippen LogP contribution is -2.11. The highest BCUT2D eigenvalue weighted by atomic mass is 16.5. The highest BCUT2D eigenvalue weighted by Gasteiger charge is 2.21. The number of unbranched alkanes of at least 4 members (excludes halogenated alkanes) is 7. The third-order valence-corrected chi connectivity index (χ3v) is 7.57. The van der Waals surface area contributed by atoms with Crippen LogP contribution in [-0.4, -0.2) is 19.8 Å². The molecule has 5 heteroatoms. The summed E-state index contributed by atoms with van der Waals surface area (Å²) in [4.78, 5) is 13.2. The molecular weight excluding hydrogens is 548 g/mol. The van der Waals surface area contributed by atoms with Crippen LogP contribution in [0.5, 0.6) is 17.2 Å². The van der Waals surface area contributed by atoms with Crippen molar-refractivity contribution in [1.29, 1.82) is 0 Å². The molecule has 0 aliphatic carbocycles. The number of benzene rings is 1. The van der Waals surface area contributed by atoms with E-state index in [9.17, 15) is 4.79 Å². The van der Waals surface area contributed by atoms with E-state index in [2.05, 4.69) is 66.7 Å². The van der Waals surface area contributed by atoms with E-state index >= 15 is 0 Å². The molecule has 0 spiro atoms. The van der Waals surface area contributed by atoms with Crippen LogP contribution in [0, 0.1) is 0 Å². The first kappa shape index (κ1) is 37.0. The molecule has 0 radical (unpaired) electrons. The molecule has 0 atom stereocenters. The van der Waals surface area contributed by atoms with Crippen molar-refractivity contribution in [3.8, 4) is 17.2 Å². The summed E-state index contributed by atoms with van der Waals surface area (Å²) in [7, 11) is 0. The van der Waals surface area contributed by atoms with E-state index in [0.29, 0.717) is 35.7 Å². The Labute approximate surface area is 267 Å².